The van der Waals surface area contributed by atoms with Crippen molar-refractivity contribution in [3.63, 3.8) is 0 Å². The van der Waals surface area contributed by atoms with Crippen molar-refractivity contribution < 1.29 is 19.2 Å². The number of aryl methyl sites for hydroxylation is 1. The van der Waals surface area contributed by atoms with Crippen LogP contribution < -0.4 is 10.6 Å². The summed E-state index contributed by atoms with van der Waals surface area (Å²) in [7, 11) is 0. The molecule has 0 bridgehead atoms. The average Bonchev–Trinajstić information content (AvgIpc) is 3.16. The Morgan fingerprint density at radius 1 is 0.759 bits per heavy atom. The van der Waals surface area contributed by atoms with Gasteiger partial charge in [0.25, 0.3) is 23.6 Å². The Morgan fingerprint density at radius 2 is 1.31 bits per heavy atom. The topological polar surface area (TPSA) is 92.3 Å². The van der Waals surface area contributed by atoms with Crippen molar-refractivity contribution in [2.75, 3.05) is 0 Å². The van der Waals surface area contributed by atoms with Crippen LogP contribution in [0.2, 0.25) is 0 Å². The van der Waals surface area contributed by atoms with Crippen LogP contribution in [-0.2, 0) is 6.42 Å². The molecule has 2 heterocycles. The van der Waals surface area contributed by atoms with Crippen LogP contribution in [0.4, 0.5) is 0 Å². The maximum Gasteiger partial charge on any atom is 0.259 e. The predicted octanol–water partition coefficient (Wildman–Crippen LogP) is 3.61. The van der Waals surface area contributed by atoms with Gasteiger partial charge in [0, 0.05) is 0 Å². The Labute approximate surface area is 169 Å². The zero-order valence-corrected chi connectivity index (χ0v) is 16.8. The SMILES string of the molecule is CC(C)c1cccc2c1C(=O)NC2=O.CCCCc1cccc2c1C(=O)NC2=O. The molecule has 6 heteroatoms. The molecule has 0 aromatic heterocycles. The van der Waals surface area contributed by atoms with E-state index in [4.69, 9.17) is 0 Å². The molecule has 0 atom stereocenters. The van der Waals surface area contributed by atoms with Gasteiger partial charge in [0.05, 0.1) is 22.3 Å². The first-order valence-electron chi connectivity index (χ1n) is 9.81. The van der Waals surface area contributed by atoms with Crippen LogP contribution in [0.5, 0.6) is 0 Å². The lowest BCUT2D eigenvalue weighted by Crippen LogP contribution is -2.20. The van der Waals surface area contributed by atoms with E-state index in [1.165, 1.54) is 0 Å². The van der Waals surface area contributed by atoms with Gasteiger partial charge in [0.2, 0.25) is 0 Å². The fourth-order valence-electron chi connectivity index (χ4n) is 3.59. The lowest BCUT2D eigenvalue weighted by molar-refractivity contribution is 0.0862. The number of nitrogens with one attached hydrogen (secondary N) is 2. The molecule has 2 aliphatic heterocycles. The summed E-state index contributed by atoms with van der Waals surface area (Å²) in [6.07, 6.45) is 2.98. The van der Waals surface area contributed by atoms with Gasteiger partial charge in [0.1, 0.15) is 0 Å². The molecule has 0 radical (unpaired) electrons. The highest BCUT2D eigenvalue weighted by Crippen LogP contribution is 2.25. The van der Waals surface area contributed by atoms with Crippen LogP contribution in [0.25, 0.3) is 0 Å². The summed E-state index contributed by atoms with van der Waals surface area (Å²) in [5, 5.41) is 4.62. The van der Waals surface area contributed by atoms with Gasteiger partial charge in [-0.1, -0.05) is 51.5 Å². The third-order valence-corrected chi connectivity index (χ3v) is 5.07. The predicted molar refractivity (Wildman–Crippen MR) is 109 cm³/mol. The number of imide groups is 2. The zero-order valence-electron chi connectivity index (χ0n) is 16.8. The summed E-state index contributed by atoms with van der Waals surface area (Å²) < 4.78 is 0. The molecule has 0 fully saturated rings. The summed E-state index contributed by atoms with van der Waals surface area (Å²) in [6.45, 7) is 6.12. The van der Waals surface area contributed by atoms with Crippen molar-refractivity contribution in [1.29, 1.82) is 0 Å². The zero-order chi connectivity index (χ0) is 21.1. The average molecular weight is 392 g/mol. The molecular weight excluding hydrogens is 368 g/mol. The van der Waals surface area contributed by atoms with E-state index >= 15 is 0 Å². The first-order valence-corrected chi connectivity index (χ1v) is 9.81. The van der Waals surface area contributed by atoms with Crippen molar-refractivity contribution in [1.82, 2.24) is 10.6 Å². The number of carbonyl (C=O) groups excluding carboxylic acids is 4. The number of unbranched alkanes of at least 4 members (excludes halogenated alkanes) is 1. The lowest BCUT2D eigenvalue weighted by Gasteiger charge is -2.08. The minimum Gasteiger partial charge on any atom is -0.288 e. The fraction of sp³-hybridized carbons (Fsp3) is 0.304. The number of hydrogen-bond acceptors (Lipinski definition) is 4. The summed E-state index contributed by atoms with van der Waals surface area (Å²) in [4.78, 5) is 45.7. The van der Waals surface area contributed by atoms with Gasteiger partial charge in [-0.2, -0.15) is 0 Å². The molecule has 0 saturated heterocycles. The monoisotopic (exact) mass is 392 g/mol. The molecule has 150 valence electrons. The minimum absolute atomic E-state index is 0.248. The molecule has 0 aliphatic carbocycles. The van der Waals surface area contributed by atoms with E-state index < -0.39 is 0 Å². The minimum atomic E-state index is -0.285. The number of fused-ring (bicyclic) bond motifs is 2. The highest BCUT2D eigenvalue weighted by atomic mass is 16.2. The molecule has 2 aliphatic rings. The first-order chi connectivity index (χ1) is 13.8. The van der Waals surface area contributed by atoms with Gasteiger partial charge in [0.15, 0.2) is 0 Å². The Bertz CT molecular complexity index is 1010. The molecule has 2 aromatic rings. The van der Waals surface area contributed by atoms with Crippen LogP contribution in [0, 0.1) is 0 Å². The van der Waals surface area contributed by atoms with E-state index in [1.54, 1.807) is 12.1 Å². The third kappa shape index (κ3) is 3.97. The Balaban J connectivity index is 0.000000166. The molecule has 2 aromatic carbocycles. The van der Waals surface area contributed by atoms with Gasteiger partial charge in [-0.25, -0.2) is 0 Å². The Hall–Kier alpha value is -3.28. The fourth-order valence-corrected chi connectivity index (χ4v) is 3.59. The van der Waals surface area contributed by atoms with E-state index in [2.05, 4.69) is 17.6 Å². The van der Waals surface area contributed by atoms with E-state index in [9.17, 15) is 19.2 Å². The lowest BCUT2D eigenvalue weighted by atomic mass is 9.94. The quantitative estimate of drug-likeness (QED) is 0.778. The summed E-state index contributed by atoms with van der Waals surface area (Å²) >= 11 is 0. The maximum absolute atomic E-state index is 11.5. The van der Waals surface area contributed by atoms with Crippen LogP contribution >= 0.6 is 0 Å². The number of carbonyl (C=O) groups is 4. The summed E-state index contributed by atoms with van der Waals surface area (Å²) in [6, 6.07) is 10.8. The van der Waals surface area contributed by atoms with Crippen molar-refractivity contribution >= 4 is 23.6 Å². The normalized spacial score (nSPS) is 14.2. The summed E-state index contributed by atoms with van der Waals surface area (Å²) in [5.74, 6) is -0.821. The van der Waals surface area contributed by atoms with E-state index in [0.29, 0.717) is 22.3 Å². The van der Waals surface area contributed by atoms with Crippen LogP contribution in [0.15, 0.2) is 36.4 Å². The largest absolute Gasteiger partial charge is 0.288 e. The maximum atomic E-state index is 11.5. The standard InChI is InChI=1S/C12H13NO2.C11H11NO2/c1-2-3-5-8-6-4-7-9-10(8)12(15)13-11(9)14;1-6(2)7-4-3-5-8-9(7)11(14)12-10(8)13/h4,6-7H,2-3,5H2,1H3,(H,13,14,15);3-6H,1-2H3,(H,12,13,14). The van der Waals surface area contributed by atoms with Gasteiger partial charge < -0.3 is 0 Å². The van der Waals surface area contributed by atoms with E-state index in [0.717, 1.165) is 30.4 Å². The van der Waals surface area contributed by atoms with Crippen LogP contribution in [-0.4, -0.2) is 23.6 Å². The van der Waals surface area contributed by atoms with E-state index in [1.807, 2.05) is 38.1 Å². The van der Waals surface area contributed by atoms with Crippen molar-refractivity contribution in [2.24, 2.45) is 0 Å². The number of amides is 4. The molecular formula is C23H24N2O4. The Morgan fingerprint density at radius 3 is 1.90 bits per heavy atom. The first kappa shape index (κ1) is 20.5. The molecule has 29 heavy (non-hydrogen) atoms. The molecule has 0 unspecified atom stereocenters. The van der Waals surface area contributed by atoms with Gasteiger partial charge in [-0.05, 0) is 42.0 Å². The summed E-state index contributed by atoms with van der Waals surface area (Å²) in [5.41, 5.74) is 4.07. The molecule has 6 nitrogen and oxygen atoms in total. The molecule has 0 spiro atoms. The van der Waals surface area contributed by atoms with Gasteiger partial charge in [-0.15, -0.1) is 0 Å². The van der Waals surface area contributed by atoms with Crippen molar-refractivity contribution in [2.45, 2.75) is 46.0 Å². The van der Waals surface area contributed by atoms with Gasteiger partial charge >= 0.3 is 0 Å². The highest BCUT2D eigenvalue weighted by Gasteiger charge is 2.30. The van der Waals surface area contributed by atoms with Crippen molar-refractivity contribution in [3.8, 4) is 0 Å². The molecule has 2 N–H and O–H groups in total. The number of rotatable bonds is 4. The van der Waals surface area contributed by atoms with Gasteiger partial charge in [-0.3, -0.25) is 29.8 Å². The van der Waals surface area contributed by atoms with Crippen LogP contribution in [0.3, 0.4) is 0 Å². The molecule has 4 rings (SSSR count). The highest BCUT2D eigenvalue weighted by molar-refractivity contribution is 6.22. The van der Waals surface area contributed by atoms with E-state index in [-0.39, 0.29) is 29.5 Å². The smallest absolute Gasteiger partial charge is 0.259 e. The number of benzene rings is 2. The van der Waals surface area contributed by atoms with Crippen molar-refractivity contribution in [3.05, 3.63) is 69.8 Å². The third-order valence-electron chi connectivity index (χ3n) is 5.07. The molecule has 4 amide bonds. The Kier molecular flexibility index (Phi) is 5.92. The second kappa shape index (κ2) is 8.39. The van der Waals surface area contributed by atoms with Crippen LogP contribution in [0.1, 0.15) is 92.1 Å². The second-order valence-corrected chi connectivity index (χ2v) is 7.43. The second-order valence-electron chi connectivity index (χ2n) is 7.43. The number of hydrogen-bond donors (Lipinski definition) is 2. The molecule has 0 saturated carbocycles.